The summed E-state index contributed by atoms with van der Waals surface area (Å²) in [7, 11) is 5.66. The molecule has 1 saturated heterocycles. The molecule has 29 heavy (non-hydrogen) atoms. The first kappa shape index (κ1) is 25.9. The van der Waals surface area contributed by atoms with Gasteiger partial charge in [0, 0.05) is 59.7 Å². The number of aliphatic imine (C=N–C) groups is 1. The van der Waals surface area contributed by atoms with Crippen molar-refractivity contribution >= 4 is 29.9 Å². The highest BCUT2D eigenvalue weighted by atomic mass is 127. The van der Waals surface area contributed by atoms with E-state index in [1.165, 1.54) is 0 Å². The summed E-state index contributed by atoms with van der Waals surface area (Å²) in [4.78, 5) is 6.63. The molecule has 1 fully saturated rings. The Balaban J connectivity index is 0.00000420. The zero-order chi connectivity index (χ0) is 20.0. The molecule has 0 atom stereocenters. The Morgan fingerprint density at radius 3 is 2.76 bits per heavy atom. The molecule has 0 saturated carbocycles. The first-order valence-electron chi connectivity index (χ1n) is 10.2. The molecule has 0 unspecified atom stereocenters. The van der Waals surface area contributed by atoms with Crippen LogP contribution in [0.4, 0.5) is 0 Å². The number of guanidine groups is 1. The van der Waals surface area contributed by atoms with Crippen LogP contribution in [0.15, 0.2) is 29.3 Å². The zero-order valence-electron chi connectivity index (χ0n) is 18.0. The molecule has 1 aliphatic rings. The molecule has 1 aromatic rings. The highest BCUT2D eigenvalue weighted by Gasteiger charge is 2.17. The van der Waals surface area contributed by atoms with Crippen molar-refractivity contribution < 1.29 is 14.2 Å². The first-order chi connectivity index (χ1) is 13.7. The van der Waals surface area contributed by atoms with E-state index < -0.39 is 0 Å². The van der Waals surface area contributed by atoms with Gasteiger partial charge >= 0.3 is 0 Å². The van der Waals surface area contributed by atoms with E-state index in [0.29, 0.717) is 19.2 Å². The van der Waals surface area contributed by atoms with E-state index in [2.05, 4.69) is 39.7 Å². The number of hydrogen-bond acceptors (Lipinski definition) is 5. The van der Waals surface area contributed by atoms with Gasteiger partial charge in [0.15, 0.2) is 5.96 Å². The molecule has 1 heterocycles. The molecule has 166 valence electrons. The number of ether oxygens (including phenoxy) is 3. The van der Waals surface area contributed by atoms with Gasteiger partial charge in [0.25, 0.3) is 0 Å². The number of methoxy groups -OCH3 is 1. The van der Waals surface area contributed by atoms with Crippen LogP contribution in [0.1, 0.15) is 24.8 Å². The highest BCUT2D eigenvalue weighted by molar-refractivity contribution is 14.0. The normalized spacial score (nSPS) is 15.1. The van der Waals surface area contributed by atoms with Crippen LogP contribution in [0.25, 0.3) is 0 Å². The van der Waals surface area contributed by atoms with Crippen molar-refractivity contribution in [3.63, 3.8) is 0 Å². The fourth-order valence-electron chi connectivity index (χ4n) is 3.19. The van der Waals surface area contributed by atoms with Crippen molar-refractivity contribution in [3.05, 3.63) is 29.8 Å². The van der Waals surface area contributed by atoms with Crippen molar-refractivity contribution in [2.45, 2.75) is 31.8 Å². The SMILES string of the molecule is CN=C(NCCCOC)NCc1cccc(OCCN(C)C2CCOCC2)c1.I. The Kier molecular flexibility index (Phi) is 14.0. The third-order valence-corrected chi connectivity index (χ3v) is 4.93. The maximum Gasteiger partial charge on any atom is 0.191 e. The van der Waals surface area contributed by atoms with Crippen LogP contribution in [-0.2, 0) is 16.0 Å². The molecule has 0 spiro atoms. The predicted molar refractivity (Wildman–Crippen MR) is 129 cm³/mol. The molecule has 0 aromatic heterocycles. The van der Waals surface area contributed by atoms with E-state index in [0.717, 1.165) is 69.4 Å². The maximum absolute atomic E-state index is 5.97. The monoisotopic (exact) mass is 520 g/mol. The van der Waals surface area contributed by atoms with Gasteiger partial charge in [-0.1, -0.05) is 12.1 Å². The summed E-state index contributed by atoms with van der Waals surface area (Å²) in [6.45, 7) is 5.62. The van der Waals surface area contributed by atoms with Crippen LogP contribution < -0.4 is 15.4 Å². The summed E-state index contributed by atoms with van der Waals surface area (Å²) in [5.41, 5.74) is 1.16. The largest absolute Gasteiger partial charge is 0.492 e. The third kappa shape index (κ3) is 10.5. The van der Waals surface area contributed by atoms with E-state index in [4.69, 9.17) is 14.2 Å². The van der Waals surface area contributed by atoms with Gasteiger partial charge in [-0.05, 0) is 44.0 Å². The Morgan fingerprint density at radius 2 is 2.03 bits per heavy atom. The number of halogens is 1. The standard InChI is InChI=1S/C21H36N4O3.HI/c1-22-21(23-10-5-12-26-3)24-17-18-6-4-7-20(16-18)28-15-11-25(2)19-8-13-27-14-9-19;/h4,6-7,16,19H,5,8-15,17H2,1-3H3,(H2,22,23,24);1H. The Bertz CT molecular complexity index is 583. The van der Waals surface area contributed by atoms with Gasteiger partial charge in [-0.3, -0.25) is 9.89 Å². The van der Waals surface area contributed by atoms with E-state index in [-0.39, 0.29) is 24.0 Å². The predicted octanol–water partition coefficient (Wildman–Crippen LogP) is 2.50. The molecular formula is C21H37IN4O3. The average molecular weight is 520 g/mol. The molecule has 8 heteroatoms. The van der Waals surface area contributed by atoms with Crippen LogP contribution in [0.5, 0.6) is 5.75 Å². The van der Waals surface area contributed by atoms with E-state index >= 15 is 0 Å². The zero-order valence-corrected chi connectivity index (χ0v) is 20.3. The molecule has 0 aliphatic carbocycles. The lowest BCUT2D eigenvalue weighted by molar-refractivity contribution is 0.0392. The van der Waals surface area contributed by atoms with Gasteiger partial charge in [0.1, 0.15) is 12.4 Å². The molecular weight excluding hydrogens is 483 g/mol. The number of likely N-dealkylation sites (N-methyl/N-ethyl adjacent to an activating group) is 1. The van der Waals surface area contributed by atoms with Crippen molar-refractivity contribution in [2.75, 3.05) is 60.7 Å². The highest BCUT2D eigenvalue weighted by Crippen LogP contribution is 2.15. The summed E-state index contributed by atoms with van der Waals surface area (Å²) in [6, 6.07) is 8.82. The van der Waals surface area contributed by atoms with Crippen molar-refractivity contribution in [1.82, 2.24) is 15.5 Å². The van der Waals surface area contributed by atoms with Crippen LogP contribution in [0.2, 0.25) is 0 Å². The Morgan fingerprint density at radius 1 is 1.24 bits per heavy atom. The van der Waals surface area contributed by atoms with Gasteiger partial charge in [0.05, 0.1) is 0 Å². The molecule has 1 aromatic carbocycles. The van der Waals surface area contributed by atoms with E-state index in [9.17, 15) is 0 Å². The molecule has 2 N–H and O–H groups in total. The number of rotatable bonds is 11. The molecule has 2 rings (SSSR count). The van der Waals surface area contributed by atoms with Gasteiger partial charge in [0.2, 0.25) is 0 Å². The van der Waals surface area contributed by atoms with E-state index in [1.807, 2.05) is 12.1 Å². The Hall–Kier alpha value is -1.10. The summed E-state index contributed by atoms with van der Waals surface area (Å²) < 4.78 is 16.5. The lowest BCUT2D eigenvalue weighted by atomic mass is 10.1. The minimum absolute atomic E-state index is 0. The average Bonchev–Trinajstić information content (AvgIpc) is 2.74. The fraction of sp³-hybridized carbons (Fsp3) is 0.667. The second kappa shape index (κ2) is 15.7. The van der Waals surface area contributed by atoms with Crippen LogP contribution in [-0.4, -0.2) is 77.6 Å². The second-order valence-corrected chi connectivity index (χ2v) is 7.02. The molecule has 7 nitrogen and oxygen atoms in total. The topological polar surface area (TPSA) is 67.4 Å². The van der Waals surface area contributed by atoms with Crippen LogP contribution in [0.3, 0.4) is 0 Å². The number of benzene rings is 1. The molecule has 0 amide bonds. The maximum atomic E-state index is 5.97. The van der Waals surface area contributed by atoms with Gasteiger partial charge in [-0.15, -0.1) is 24.0 Å². The molecule has 0 bridgehead atoms. The summed E-state index contributed by atoms with van der Waals surface area (Å²) in [6.07, 6.45) is 3.17. The van der Waals surface area contributed by atoms with Crippen molar-refractivity contribution in [1.29, 1.82) is 0 Å². The molecule has 0 radical (unpaired) electrons. The minimum atomic E-state index is 0. The first-order valence-corrected chi connectivity index (χ1v) is 10.2. The van der Waals surface area contributed by atoms with Gasteiger partial charge < -0.3 is 24.8 Å². The fourth-order valence-corrected chi connectivity index (χ4v) is 3.19. The number of hydrogen-bond donors (Lipinski definition) is 2. The lowest BCUT2D eigenvalue weighted by Gasteiger charge is -2.31. The summed E-state index contributed by atoms with van der Waals surface area (Å²) in [5, 5.41) is 6.61. The second-order valence-electron chi connectivity index (χ2n) is 7.02. The van der Waals surface area contributed by atoms with Gasteiger partial charge in [-0.25, -0.2) is 0 Å². The lowest BCUT2D eigenvalue weighted by Crippen LogP contribution is -2.38. The molecule has 1 aliphatic heterocycles. The smallest absolute Gasteiger partial charge is 0.191 e. The third-order valence-electron chi connectivity index (χ3n) is 4.93. The van der Waals surface area contributed by atoms with Crippen LogP contribution >= 0.6 is 24.0 Å². The van der Waals surface area contributed by atoms with Crippen molar-refractivity contribution in [2.24, 2.45) is 4.99 Å². The quantitative estimate of drug-likeness (QED) is 0.202. The minimum Gasteiger partial charge on any atom is -0.492 e. The number of nitrogens with zero attached hydrogens (tertiary/aromatic N) is 2. The van der Waals surface area contributed by atoms with Crippen LogP contribution in [0, 0.1) is 0 Å². The van der Waals surface area contributed by atoms with Gasteiger partial charge in [-0.2, -0.15) is 0 Å². The van der Waals surface area contributed by atoms with Crippen molar-refractivity contribution in [3.8, 4) is 5.75 Å². The van der Waals surface area contributed by atoms with E-state index in [1.54, 1.807) is 14.2 Å². The number of nitrogens with one attached hydrogen (secondary N) is 2. The summed E-state index contributed by atoms with van der Waals surface area (Å²) >= 11 is 0. The summed E-state index contributed by atoms with van der Waals surface area (Å²) in [5.74, 6) is 1.70. The Labute approximate surface area is 192 Å².